The molecule has 0 fully saturated rings. The molecule has 94 valence electrons. The number of carboxylic acid groups (broad SMARTS) is 1. The molecule has 0 bridgehead atoms. The van der Waals surface area contributed by atoms with Crippen molar-refractivity contribution in [2.75, 3.05) is 11.9 Å². The first-order valence-corrected chi connectivity index (χ1v) is 4.88. The van der Waals surface area contributed by atoms with Crippen LogP contribution in [0.2, 0.25) is 0 Å². The Kier molecular flexibility index (Phi) is 4.30. The summed E-state index contributed by atoms with van der Waals surface area (Å²) in [6, 6.07) is 2.75. The van der Waals surface area contributed by atoms with Crippen molar-refractivity contribution in [1.29, 1.82) is 0 Å². The van der Waals surface area contributed by atoms with Gasteiger partial charge in [0, 0.05) is 19.2 Å². The summed E-state index contributed by atoms with van der Waals surface area (Å²) in [5, 5.41) is 11.3. The molecule has 2 N–H and O–H groups in total. The smallest absolute Gasteiger partial charge is 0.389 e. The first kappa shape index (κ1) is 13.3. The summed E-state index contributed by atoms with van der Waals surface area (Å²) in [5.74, 6) is -0.738. The molecule has 17 heavy (non-hydrogen) atoms. The van der Waals surface area contributed by atoms with Crippen LogP contribution in [0.3, 0.4) is 0 Å². The lowest BCUT2D eigenvalue weighted by Gasteiger charge is -2.07. The zero-order valence-corrected chi connectivity index (χ0v) is 8.79. The monoisotopic (exact) mass is 248 g/mol. The van der Waals surface area contributed by atoms with Gasteiger partial charge in [0.05, 0.1) is 5.56 Å². The van der Waals surface area contributed by atoms with Gasteiger partial charge in [-0.1, -0.05) is 0 Å². The van der Waals surface area contributed by atoms with Crippen LogP contribution in [0, 0.1) is 0 Å². The van der Waals surface area contributed by atoms with Gasteiger partial charge in [0.1, 0.15) is 5.82 Å². The molecule has 7 heteroatoms. The van der Waals surface area contributed by atoms with E-state index in [4.69, 9.17) is 5.11 Å². The van der Waals surface area contributed by atoms with Crippen LogP contribution in [-0.2, 0) is 0 Å². The first-order valence-electron chi connectivity index (χ1n) is 4.88. The number of nitrogens with one attached hydrogen (secondary N) is 1. The first-order chi connectivity index (χ1) is 7.88. The Bertz CT molecular complexity index is 376. The van der Waals surface area contributed by atoms with Gasteiger partial charge >= 0.3 is 12.1 Å². The fourth-order valence-corrected chi connectivity index (χ4v) is 1.13. The Morgan fingerprint density at radius 1 is 1.41 bits per heavy atom. The van der Waals surface area contributed by atoms with E-state index < -0.39 is 18.6 Å². The molecule has 1 aromatic rings. The third-order valence-electron chi connectivity index (χ3n) is 1.95. The number of aromatic carboxylic acids is 1. The highest BCUT2D eigenvalue weighted by Gasteiger charge is 2.25. The van der Waals surface area contributed by atoms with Crippen LogP contribution in [0.1, 0.15) is 23.2 Å². The maximum absolute atomic E-state index is 11.8. The largest absolute Gasteiger partial charge is 0.478 e. The lowest BCUT2D eigenvalue weighted by molar-refractivity contribution is -0.134. The van der Waals surface area contributed by atoms with Gasteiger partial charge in [-0.2, -0.15) is 13.2 Å². The molecule has 0 saturated heterocycles. The van der Waals surface area contributed by atoms with Crippen LogP contribution >= 0.6 is 0 Å². The van der Waals surface area contributed by atoms with E-state index in [1.54, 1.807) is 0 Å². The molecule has 0 spiro atoms. The van der Waals surface area contributed by atoms with Crippen LogP contribution in [0.15, 0.2) is 18.3 Å². The maximum atomic E-state index is 11.8. The third-order valence-corrected chi connectivity index (χ3v) is 1.95. The molecular formula is C10H11F3N2O2. The van der Waals surface area contributed by atoms with E-state index in [9.17, 15) is 18.0 Å². The standard InChI is InChI=1S/C10H11F3N2O2/c11-10(12,13)4-1-5-14-8-3-2-7(6-15-8)9(16)17/h2-3,6H,1,4-5H2,(H,14,15)(H,16,17). The molecular weight excluding hydrogens is 237 g/mol. The molecule has 4 nitrogen and oxygen atoms in total. The number of rotatable bonds is 5. The van der Waals surface area contributed by atoms with E-state index in [1.807, 2.05) is 0 Å². The molecule has 0 saturated carbocycles. The highest BCUT2D eigenvalue weighted by Crippen LogP contribution is 2.21. The van der Waals surface area contributed by atoms with Gasteiger partial charge in [-0.25, -0.2) is 9.78 Å². The Hall–Kier alpha value is -1.79. The number of hydrogen-bond acceptors (Lipinski definition) is 3. The zero-order chi connectivity index (χ0) is 12.9. The minimum Gasteiger partial charge on any atom is -0.478 e. The van der Waals surface area contributed by atoms with Gasteiger partial charge in [0.25, 0.3) is 0 Å². The van der Waals surface area contributed by atoms with Crippen molar-refractivity contribution in [3.63, 3.8) is 0 Å². The number of nitrogens with zero attached hydrogens (tertiary/aromatic N) is 1. The summed E-state index contributed by atoms with van der Waals surface area (Å²) >= 11 is 0. The Balaban J connectivity index is 2.35. The number of aromatic nitrogens is 1. The number of anilines is 1. The SMILES string of the molecule is O=C(O)c1ccc(NCCCC(F)(F)F)nc1. The van der Waals surface area contributed by atoms with E-state index in [0.717, 1.165) is 6.20 Å². The molecule has 0 aromatic carbocycles. The summed E-state index contributed by atoms with van der Waals surface area (Å²) in [6.07, 6.45) is -3.91. The Morgan fingerprint density at radius 3 is 2.59 bits per heavy atom. The second-order valence-corrected chi connectivity index (χ2v) is 3.38. The summed E-state index contributed by atoms with van der Waals surface area (Å²) in [5.41, 5.74) is 0.0332. The molecule has 0 aliphatic carbocycles. The quantitative estimate of drug-likeness (QED) is 0.786. The molecule has 1 aromatic heterocycles. The topological polar surface area (TPSA) is 62.2 Å². The van der Waals surface area contributed by atoms with E-state index >= 15 is 0 Å². The van der Waals surface area contributed by atoms with Crippen molar-refractivity contribution in [3.8, 4) is 0 Å². The number of pyridine rings is 1. The van der Waals surface area contributed by atoms with Gasteiger partial charge in [-0.05, 0) is 18.6 Å². The average Bonchev–Trinajstić information content (AvgIpc) is 2.24. The normalized spacial score (nSPS) is 11.2. The lowest BCUT2D eigenvalue weighted by atomic mass is 10.3. The predicted molar refractivity (Wildman–Crippen MR) is 55.0 cm³/mol. The van der Waals surface area contributed by atoms with Gasteiger partial charge in [0.15, 0.2) is 0 Å². The maximum Gasteiger partial charge on any atom is 0.389 e. The van der Waals surface area contributed by atoms with Gasteiger partial charge < -0.3 is 10.4 Å². The molecule has 0 aliphatic heterocycles. The number of alkyl halides is 3. The van der Waals surface area contributed by atoms with Crippen molar-refractivity contribution in [2.45, 2.75) is 19.0 Å². The summed E-state index contributed by atoms with van der Waals surface area (Å²) < 4.78 is 35.4. The molecule has 1 heterocycles. The van der Waals surface area contributed by atoms with Crippen LogP contribution in [0.5, 0.6) is 0 Å². The van der Waals surface area contributed by atoms with E-state index in [2.05, 4.69) is 10.3 Å². The fourth-order valence-electron chi connectivity index (χ4n) is 1.13. The highest BCUT2D eigenvalue weighted by atomic mass is 19.4. The zero-order valence-electron chi connectivity index (χ0n) is 8.79. The van der Waals surface area contributed by atoms with E-state index in [0.29, 0.717) is 5.82 Å². The molecule has 0 radical (unpaired) electrons. The van der Waals surface area contributed by atoms with Gasteiger partial charge in [0.2, 0.25) is 0 Å². The number of hydrogen-bond donors (Lipinski definition) is 2. The van der Waals surface area contributed by atoms with Crippen LogP contribution in [0.4, 0.5) is 19.0 Å². The van der Waals surface area contributed by atoms with Crippen molar-refractivity contribution >= 4 is 11.8 Å². The lowest BCUT2D eigenvalue weighted by Crippen LogP contribution is -2.11. The average molecular weight is 248 g/mol. The van der Waals surface area contributed by atoms with Crippen LogP contribution < -0.4 is 5.32 Å². The molecule has 0 unspecified atom stereocenters. The summed E-state index contributed by atoms with van der Waals surface area (Å²) in [4.78, 5) is 14.3. The van der Waals surface area contributed by atoms with Crippen molar-refractivity contribution in [3.05, 3.63) is 23.9 Å². The predicted octanol–water partition coefficient (Wildman–Crippen LogP) is 2.53. The minimum atomic E-state index is -4.15. The molecule has 0 aliphatic rings. The van der Waals surface area contributed by atoms with Crippen molar-refractivity contribution < 1.29 is 23.1 Å². The number of carbonyl (C=O) groups is 1. The summed E-state index contributed by atoms with van der Waals surface area (Å²) in [7, 11) is 0. The van der Waals surface area contributed by atoms with E-state index in [-0.39, 0.29) is 18.5 Å². The molecule has 0 atom stereocenters. The number of halogens is 3. The fraction of sp³-hybridized carbons (Fsp3) is 0.400. The Morgan fingerprint density at radius 2 is 2.12 bits per heavy atom. The van der Waals surface area contributed by atoms with Crippen molar-refractivity contribution in [1.82, 2.24) is 4.98 Å². The highest BCUT2D eigenvalue weighted by molar-refractivity contribution is 5.87. The second-order valence-electron chi connectivity index (χ2n) is 3.38. The number of carboxylic acids is 1. The van der Waals surface area contributed by atoms with Crippen LogP contribution in [0.25, 0.3) is 0 Å². The second kappa shape index (κ2) is 5.51. The molecule has 0 amide bonds. The van der Waals surface area contributed by atoms with E-state index in [1.165, 1.54) is 12.1 Å². The molecule has 1 rings (SSSR count). The Labute approximate surface area is 95.5 Å². The summed E-state index contributed by atoms with van der Waals surface area (Å²) in [6.45, 7) is 0.138. The van der Waals surface area contributed by atoms with Crippen molar-refractivity contribution in [2.24, 2.45) is 0 Å². The van der Waals surface area contributed by atoms with Gasteiger partial charge in [-0.3, -0.25) is 0 Å². The van der Waals surface area contributed by atoms with Gasteiger partial charge in [-0.15, -0.1) is 0 Å². The third kappa shape index (κ3) is 5.19. The minimum absolute atomic E-state index is 0.0332. The van der Waals surface area contributed by atoms with Crippen LogP contribution in [-0.4, -0.2) is 28.8 Å².